The summed E-state index contributed by atoms with van der Waals surface area (Å²) in [5.74, 6) is 0.913. The van der Waals surface area contributed by atoms with Crippen molar-refractivity contribution in [3.8, 4) is 0 Å². The van der Waals surface area contributed by atoms with Gasteiger partial charge in [-0.05, 0) is 47.6 Å². The molecule has 2 aromatic rings. The first-order chi connectivity index (χ1) is 11.0. The van der Waals surface area contributed by atoms with Gasteiger partial charge in [0.1, 0.15) is 0 Å². The molecule has 0 spiro atoms. The molecule has 0 atom stereocenters. The largest absolute Gasteiger partial charge is 0.271 e. The minimum atomic E-state index is -0.152. The van der Waals surface area contributed by atoms with E-state index in [-0.39, 0.29) is 5.91 Å². The van der Waals surface area contributed by atoms with Gasteiger partial charge < -0.3 is 0 Å². The molecule has 0 saturated carbocycles. The van der Waals surface area contributed by atoms with Crippen LogP contribution >= 0.6 is 0 Å². The van der Waals surface area contributed by atoms with Gasteiger partial charge in [-0.15, -0.1) is 0 Å². The van der Waals surface area contributed by atoms with E-state index < -0.39 is 0 Å². The number of nitrogens with zero attached hydrogens (tertiary/aromatic N) is 1. The predicted octanol–water partition coefficient (Wildman–Crippen LogP) is 5.02. The number of amides is 1. The molecule has 2 aromatic carbocycles. The van der Waals surface area contributed by atoms with Gasteiger partial charge in [-0.25, -0.2) is 5.43 Å². The van der Waals surface area contributed by atoms with Crippen LogP contribution in [0.4, 0.5) is 0 Å². The first-order valence-corrected chi connectivity index (χ1v) is 8.30. The normalized spacial score (nSPS) is 11.0. The van der Waals surface area contributed by atoms with E-state index in [2.05, 4.69) is 38.2 Å². The van der Waals surface area contributed by atoms with Crippen molar-refractivity contribution < 1.29 is 4.79 Å². The number of rotatable bonds is 6. The standard InChI is InChI=1S/C20H26N2O/c1-14(2)11-19(12-15(3)4)21-22-20(23)18-10-9-16-7-5-6-8-17(16)13-18/h5-10,13-15H,11-12H2,1-4H3,(H,22,23). The molecule has 0 unspecified atom stereocenters. The van der Waals surface area contributed by atoms with Crippen LogP contribution in [0.3, 0.4) is 0 Å². The van der Waals surface area contributed by atoms with Gasteiger partial charge in [-0.3, -0.25) is 4.79 Å². The maximum absolute atomic E-state index is 12.3. The Hall–Kier alpha value is -2.16. The fraction of sp³-hybridized carbons (Fsp3) is 0.400. The first kappa shape index (κ1) is 17.2. The summed E-state index contributed by atoms with van der Waals surface area (Å²) in [6.45, 7) is 8.67. The minimum absolute atomic E-state index is 0.152. The van der Waals surface area contributed by atoms with Crippen LogP contribution in [0.1, 0.15) is 50.9 Å². The molecule has 0 radical (unpaired) electrons. The number of carbonyl (C=O) groups excluding carboxylic acids is 1. The smallest absolute Gasteiger partial charge is 0.267 e. The van der Waals surface area contributed by atoms with Gasteiger partial charge in [0, 0.05) is 11.3 Å². The molecular weight excluding hydrogens is 284 g/mol. The predicted molar refractivity (Wildman–Crippen MR) is 97.8 cm³/mol. The number of hydrazone groups is 1. The van der Waals surface area contributed by atoms with E-state index in [1.54, 1.807) is 0 Å². The Morgan fingerprint density at radius 1 is 0.957 bits per heavy atom. The molecule has 3 heteroatoms. The van der Waals surface area contributed by atoms with Crippen molar-refractivity contribution in [3.05, 3.63) is 48.0 Å². The Morgan fingerprint density at radius 3 is 2.17 bits per heavy atom. The average molecular weight is 310 g/mol. The fourth-order valence-corrected chi connectivity index (χ4v) is 2.64. The van der Waals surface area contributed by atoms with Gasteiger partial charge in [0.2, 0.25) is 0 Å². The third-order valence-electron chi connectivity index (χ3n) is 3.61. The van der Waals surface area contributed by atoms with Crippen molar-refractivity contribution in [2.24, 2.45) is 16.9 Å². The van der Waals surface area contributed by atoms with E-state index in [1.165, 1.54) is 0 Å². The number of hydrogen-bond donors (Lipinski definition) is 1. The summed E-state index contributed by atoms with van der Waals surface area (Å²) in [5.41, 5.74) is 4.42. The van der Waals surface area contributed by atoms with Gasteiger partial charge in [-0.1, -0.05) is 58.0 Å². The zero-order valence-electron chi connectivity index (χ0n) is 14.5. The fourth-order valence-electron chi connectivity index (χ4n) is 2.64. The van der Waals surface area contributed by atoms with Crippen LogP contribution < -0.4 is 5.43 Å². The minimum Gasteiger partial charge on any atom is -0.267 e. The molecule has 1 N–H and O–H groups in total. The number of benzene rings is 2. The van der Waals surface area contributed by atoms with Crippen molar-refractivity contribution >= 4 is 22.4 Å². The summed E-state index contributed by atoms with van der Waals surface area (Å²) in [4.78, 5) is 12.3. The topological polar surface area (TPSA) is 41.5 Å². The summed E-state index contributed by atoms with van der Waals surface area (Å²) in [6.07, 6.45) is 1.83. The Labute approximate surface area is 138 Å². The van der Waals surface area contributed by atoms with E-state index in [4.69, 9.17) is 0 Å². The molecule has 0 bridgehead atoms. The Morgan fingerprint density at radius 2 is 1.57 bits per heavy atom. The van der Waals surface area contributed by atoms with Gasteiger partial charge >= 0.3 is 0 Å². The van der Waals surface area contributed by atoms with Crippen LogP contribution in [-0.4, -0.2) is 11.6 Å². The van der Waals surface area contributed by atoms with Crippen molar-refractivity contribution in [1.29, 1.82) is 0 Å². The molecule has 2 rings (SSSR count). The van der Waals surface area contributed by atoms with Crippen molar-refractivity contribution in [3.63, 3.8) is 0 Å². The van der Waals surface area contributed by atoms with Crippen molar-refractivity contribution in [2.75, 3.05) is 0 Å². The number of fused-ring (bicyclic) bond motifs is 1. The molecule has 0 aliphatic heterocycles. The highest BCUT2D eigenvalue weighted by molar-refractivity contribution is 5.99. The summed E-state index contributed by atoms with van der Waals surface area (Å²) in [5, 5.41) is 6.57. The van der Waals surface area contributed by atoms with Gasteiger partial charge in [-0.2, -0.15) is 5.10 Å². The first-order valence-electron chi connectivity index (χ1n) is 8.30. The van der Waals surface area contributed by atoms with Crippen LogP contribution in [0, 0.1) is 11.8 Å². The highest BCUT2D eigenvalue weighted by Gasteiger charge is 2.09. The third-order valence-corrected chi connectivity index (χ3v) is 3.61. The lowest BCUT2D eigenvalue weighted by atomic mass is 9.99. The van der Waals surface area contributed by atoms with Crippen LogP contribution in [0.15, 0.2) is 47.6 Å². The lowest BCUT2D eigenvalue weighted by molar-refractivity contribution is 0.0954. The van der Waals surface area contributed by atoms with E-state index >= 15 is 0 Å². The molecule has 0 aliphatic carbocycles. The molecule has 3 nitrogen and oxygen atoms in total. The molecule has 23 heavy (non-hydrogen) atoms. The monoisotopic (exact) mass is 310 g/mol. The second-order valence-electron chi connectivity index (χ2n) is 6.88. The summed E-state index contributed by atoms with van der Waals surface area (Å²) in [6, 6.07) is 13.7. The summed E-state index contributed by atoms with van der Waals surface area (Å²) < 4.78 is 0. The van der Waals surface area contributed by atoms with Gasteiger partial charge in [0.15, 0.2) is 0 Å². The third kappa shape index (κ3) is 5.20. The average Bonchev–Trinajstić information content (AvgIpc) is 2.50. The van der Waals surface area contributed by atoms with E-state index in [1.807, 2.05) is 42.5 Å². The Bertz CT molecular complexity index is 690. The molecule has 0 aliphatic rings. The molecule has 1 amide bonds. The van der Waals surface area contributed by atoms with E-state index in [0.29, 0.717) is 17.4 Å². The molecule has 0 saturated heterocycles. The Kier molecular flexibility index (Phi) is 5.91. The van der Waals surface area contributed by atoms with Crippen LogP contribution in [-0.2, 0) is 0 Å². The van der Waals surface area contributed by atoms with Crippen LogP contribution in [0.25, 0.3) is 10.8 Å². The molecular formula is C20H26N2O. The SMILES string of the molecule is CC(C)CC(CC(C)C)=NNC(=O)c1ccc2ccccc2c1. The van der Waals surface area contributed by atoms with E-state index in [0.717, 1.165) is 29.3 Å². The summed E-state index contributed by atoms with van der Waals surface area (Å²) >= 11 is 0. The zero-order chi connectivity index (χ0) is 16.8. The molecule has 0 heterocycles. The van der Waals surface area contributed by atoms with Crippen LogP contribution in [0.5, 0.6) is 0 Å². The van der Waals surface area contributed by atoms with Crippen molar-refractivity contribution in [2.45, 2.75) is 40.5 Å². The number of hydrogen-bond acceptors (Lipinski definition) is 2. The van der Waals surface area contributed by atoms with E-state index in [9.17, 15) is 4.79 Å². The van der Waals surface area contributed by atoms with Crippen molar-refractivity contribution in [1.82, 2.24) is 5.43 Å². The zero-order valence-corrected chi connectivity index (χ0v) is 14.5. The quantitative estimate of drug-likeness (QED) is 0.591. The van der Waals surface area contributed by atoms with Gasteiger partial charge in [0.25, 0.3) is 5.91 Å². The highest BCUT2D eigenvalue weighted by Crippen LogP contribution is 2.16. The molecule has 122 valence electrons. The van der Waals surface area contributed by atoms with Crippen LogP contribution in [0.2, 0.25) is 0 Å². The number of nitrogens with one attached hydrogen (secondary N) is 1. The lowest BCUT2D eigenvalue weighted by Crippen LogP contribution is -2.21. The Balaban J connectivity index is 2.12. The highest BCUT2D eigenvalue weighted by atomic mass is 16.2. The number of carbonyl (C=O) groups is 1. The second-order valence-corrected chi connectivity index (χ2v) is 6.88. The summed E-state index contributed by atoms with van der Waals surface area (Å²) in [7, 11) is 0. The second kappa shape index (κ2) is 7.91. The maximum atomic E-state index is 12.3. The maximum Gasteiger partial charge on any atom is 0.271 e. The van der Waals surface area contributed by atoms with Gasteiger partial charge in [0.05, 0.1) is 0 Å². The molecule has 0 fully saturated rings. The molecule has 0 aromatic heterocycles. The lowest BCUT2D eigenvalue weighted by Gasteiger charge is -2.12.